The highest BCUT2D eigenvalue weighted by Gasteiger charge is 2.32. The second-order valence-corrected chi connectivity index (χ2v) is 7.12. The van der Waals surface area contributed by atoms with Crippen molar-refractivity contribution in [2.75, 3.05) is 11.5 Å². The summed E-state index contributed by atoms with van der Waals surface area (Å²) < 4.78 is 29.8. The van der Waals surface area contributed by atoms with Crippen LogP contribution in [0.5, 0.6) is 0 Å². The predicted molar refractivity (Wildman–Crippen MR) is 69.4 cm³/mol. The van der Waals surface area contributed by atoms with Gasteiger partial charge >= 0.3 is 0 Å². The summed E-state index contributed by atoms with van der Waals surface area (Å²) in [5, 5.41) is 12.7. The van der Waals surface area contributed by atoms with Gasteiger partial charge in [-0.15, -0.1) is 0 Å². The van der Waals surface area contributed by atoms with E-state index in [0.717, 1.165) is 0 Å². The molecule has 8 heteroatoms. The van der Waals surface area contributed by atoms with Gasteiger partial charge in [0.2, 0.25) is 0 Å². The van der Waals surface area contributed by atoms with Gasteiger partial charge in [0, 0.05) is 19.2 Å². The fourth-order valence-electron chi connectivity index (χ4n) is 2.34. The molecule has 0 aliphatic carbocycles. The Morgan fingerprint density at radius 2 is 2.35 bits per heavy atom. The van der Waals surface area contributed by atoms with Gasteiger partial charge in [-0.1, -0.05) is 5.16 Å². The number of rotatable bonds is 2. The predicted octanol–water partition coefficient (Wildman–Crippen LogP) is 0.849. The molecule has 1 aliphatic rings. The van der Waals surface area contributed by atoms with Crippen LogP contribution in [0.1, 0.15) is 23.7 Å². The molecule has 0 bridgehead atoms. The number of hydrogen-bond donors (Lipinski definition) is 0. The first-order chi connectivity index (χ1) is 9.48. The zero-order valence-corrected chi connectivity index (χ0v) is 11.6. The monoisotopic (exact) mass is 292 g/mol. The first-order valence-corrected chi connectivity index (χ1v) is 7.91. The number of nitrogens with zero attached hydrogens (tertiary/aromatic N) is 4. The average Bonchev–Trinajstić information content (AvgIpc) is 3.07. The van der Waals surface area contributed by atoms with E-state index in [1.165, 1.54) is 0 Å². The van der Waals surface area contributed by atoms with Crippen molar-refractivity contribution in [1.29, 1.82) is 5.26 Å². The van der Waals surface area contributed by atoms with Crippen LogP contribution in [0.4, 0.5) is 0 Å². The minimum Gasteiger partial charge on any atom is -0.345 e. The van der Waals surface area contributed by atoms with Gasteiger partial charge in [-0.05, 0) is 12.5 Å². The molecule has 0 amide bonds. The summed E-state index contributed by atoms with van der Waals surface area (Å²) in [6, 6.07) is 3.70. The number of sulfone groups is 1. The van der Waals surface area contributed by atoms with Gasteiger partial charge in [-0.2, -0.15) is 10.2 Å². The Morgan fingerprint density at radius 3 is 2.95 bits per heavy atom. The molecule has 0 N–H and O–H groups in total. The second-order valence-electron chi connectivity index (χ2n) is 4.89. The molecule has 1 unspecified atom stereocenters. The Labute approximate surface area is 115 Å². The quantitative estimate of drug-likeness (QED) is 0.813. The molecular weight excluding hydrogens is 280 g/mol. The molecular formula is C12H12N4O3S. The van der Waals surface area contributed by atoms with Gasteiger partial charge in [0.05, 0.1) is 17.1 Å². The first-order valence-electron chi connectivity index (χ1n) is 6.09. The molecule has 1 fully saturated rings. The third-order valence-corrected chi connectivity index (χ3v) is 5.16. The van der Waals surface area contributed by atoms with Crippen LogP contribution in [0.15, 0.2) is 16.8 Å². The molecule has 2 aromatic rings. The lowest BCUT2D eigenvalue weighted by molar-refractivity contribution is 0.415. The minimum absolute atomic E-state index is 0.0720. The van der Waals surface area contributed by atoms with Crippen LogP contribution in [0.25, 0.3) is 11.6 Å². The summed E-state index contributed by atoms with van der Waals surface area (Å²) in [6.45, 7) is 0. The van der Waals surface area contributed by atoms with Gasteiger partial charge in [0.25, 0.3) is 5.89 Å². The van der Waals surface area contributed by atoms with Crippen molar-refractivity contribution in [3.8, 4) is 17.7 Å². The lowest BCUT2D eigenvalue weighted by Crippen LogP contribution is -2.05. The highest BCUT2D eigenvalue weighted by atomic mass is 32.2. The molecule has 1 aliphatic heterocycles. The van der Waals surface area contributed by atoms with E-state index >= 15 is 0 Å². The summed E-state index contributed by atoms with van der Waals surface area (Å²) in [5.41, 5.74) is 1.15. The largest absolute Gasteiger partial charge is 0.345 e. The Kier molecular flexibility index (Phi) is 2.87. The van der Waals surface area contributed by atoms with Crippen molar-refractivity contribution in [2.45, 2.75) is 12.3 Å². The average molecular weight is 292 g/mol. The van der Waals surface area contributed by atoms with E-state index in [1.807, 2.05) is 6.07 Å². The summed E-state index contributed by atoms with van der Waals surface area (Å²) in [5.74, 6) is 0.759. The van der Waals surface area contributed by atoms with E-state index in [4.69, 9.17) is 9.78 Å². The van der Waals surface area contributed by atoms with E-state index < -0.39 is 9.84 Å². The Bertz CT molecular complexity index is 797. The number of aryl methyl sites for hydroxylation is 1. The Morgan fingerprint density at radius 1 is 1.55 bits per heavy atom. The van der Waals surface area contributed by atoms with Crippen molar-refractivity contribution in [3.05, 3.63) is 23.7 Å². The fraction of sp³-hybridized carbons (Fsp3) is 0.417. The summed E-state index contributed by atoms with van der Waals surface area (Å²) in [6.07, 6.45) is 2.19. The topological polar surface area (TPSA) is 102 Å². The van der Waals surface area contributed by atoms with Crippen LogP contribution in [0.3, 0.4) is 0 Å². The van der Waals surface area contributed by atoms with Gasteiger partial charge in [-0.25, -0.2) is 8.42 Å². The molecule has 3 rings (SSSR count). The molecule has 1 saturated heterocycles. The van der Waals surface area contributed by atoms with Crippen LogP contribution in [0.2, 0.25) is 0 Å². The molecule has 2 aromatic heterocycles. The van der Waals surface area contributed by atoms with E-state index in [2.05, 4.69) is 10.1 Å². The first kappa shape index (κ1) is 12.9. The highest BCUT2D eigenvalue weighted by Crippen LogP contribution is 2.28. The lowest BCUT2D eigenvalue weighted by atomic mass is 10.1. The van der Waals surface area contributed by atoms with Gasteiger partial charge in [-0.3, -0.25) is 0 Å². The summed E-state index contributed by atoms with van der Waals surface area (Å²) in [7, 11) is -1.20. The maximum Gasteiger partial charge on any atom is 0.274 e. The molecule has 1 atom stereocenters. The van der Waals surface area contributed by atoms with E-state index in [1.54, 1.807) is 23.9 Å². The molecule has 0 saturated carbocycles. The second kappa shape index (κ2) is 4.45. The Hall–Kier alpha value is -2.14. The maximum absolute atomic E-state index is 11.5. The third kappa shape index (κ3) is 2.20. The lowest BCUT2D eigenvalue weighted by Gasteiger charge is -1.98. The minimum atomic E-state index is -2.98. The third-order valence-electron chi connectivity index (χ3n) is 3.39. The van der Waals surface area contributed by atoms with Crippen LogP contribution >= 0.6 is 0 Å². The zero-order valence-electron chi connectivity index (χ0n) is 10.8. The highest BCUT2D eigenvalue weighted by molar-refractivity contribution is 7.91. The summed E-state index contributed by atoms with van der Waals surface area (Å²) >= 11 is 0. The maximum atomic E-state index is 11.5. The molecule has 0 spiro atoms. The molecule has 0 radical (unpaired) electrons. The van der Waals surface area contributed by atoms with E-state index in [-0.39, 0.29) is 17.4 Å². The van der Waals surface area contributed by atoms with Gasteiger partial charge in [0.1, 0.15) is 11.8 Å². The van der Waals surface area contributed by atoms with Crippen molar-refractivity contribution in [1.82, 2.24) is 14.7 Å². The van der Waals surface area contributed by atoms with Crippen LogP contribution in [0, 0.1) is 11.3 Å². The standard InChI is InChI=1S/C12H12N4O3S/c1-16-6-8(5-13)4-10(16)12-14-11(15-19-12)9-2-3-20(17,18)7-9/h4,6,9H,2-3,7H2,1H3. The van der Waals surface area contributed by atoms with Crippen LogP contribution in [-0.2, 0) is 16.9 Å². The van der Waals surface area contributed by atoms with Gasteiger partial charge in [0.15, 0.2) is 15.7 Å². The number of aromatic nitrogens is 3. The molecule has 7 nitrogen and oxygen atoms in total. The SMILES string of the molecule is Cn1cc(C#N)cc1-c1nc(C2CCS(=O)(=O)C2)no1. The van der Waals surface area contributed by atoms with Gasteiger partial charge < -0.3 is 9.09 Å². The molecule has 3 heterocycles. The van der Waals surface area contributed by atoms with E-state index in [0.29, 0.717) is 29.4 Å². The van der Waals surface area contributed by atoms with Crippen molar-refractivity contribution >= 4 is 9.84 Å². The molecule has 20 heavy (non-hydrogen) atoms. The van der Waals surface area contributed by atoms with Crippen LogP contribution in [-0.4, -0.2) is 34.6 Å². The fourth-order valence-corrected chi connectivity index (χ4v) is 4.08. The van der Waals surface area contributed by atoms with Crippen molar-refractivity contribution in [3.63, 3.8) is 0 Å². The normalized spacial score (nSPS) is 20.9. The van der Waals surface area contributed by atoms with Crippen molar-refractivity contribution in [2.24, 2.45) is 7.05 Å². The van der Waals surface area contributed by atoms with Crippen LogP contribution < -0.4 is 0 Å². The van der Waals surface area contributed by atoms with E-state index in [9.17, 15) is 8.42 Å². The summed E-state index contributed by atoms with van der Waals surface area (Å²) in [4.78, 5) is 4.26. The smallest absolute Gasteiger partial charge is 0.274 e. The number of nitriles is 1. The molecule has 0 aromatic carbocycles. The molecule has 104 valence electrons. The Balaban J connectivity index is 1.91. The number of hydrogen-bond acceptors (Lipinski definition) is 6. The zero-order chi connectivity index (χ0) is 14.3. The van der Waals surface area contributed by atoms with Crippen molar-refractivity contribution < 1.29 is 12.9 Å².